The molecule has 1 saturated heterocycles. The van der Waals surface area contributed by atoms with Crippen LogP contribution in [0.2, 0.25) is 0 Å². The molecule has 0 radical (unpaired) electrons. The van der Waals surface area contributed by atoms with E-state index < -0.39 is 5.54 Å². The van der Waals surface area contributed by atoms with Crippen LogP contribution in [0.25, 0.3) is 0 Å². The number of carbonyl (C=O) groups is 1. The minimum Gasteiger partial charge on any atom is -0.338 e. The molecular weight excluding hydrogens is 226 g/mol. The lowest BCUT2D eigenvalue weighted by atomic mass is 9.95. The number of rotatable bonds is 1. The summed E-state index contributed by atoms with van der Waals surface area (Å²) in [7, 11) is 0. The number of nitrogens with zero attached hydrogens (tertiary/aromatic N) is 2. The van der Waals surface area contributed by atoms with Crippen LogP contribution in [0.4, 0.5) is 0 Å². The molecule has 2 N–H and O–H groups in total. The molecule has 1 amide bonds. The molecule has 0 bridgehead atoms. The first kappa shape index (κ1) is 15.4. The molecule has 4 heteroatoms. The maximum absolute atomic E-state index is 12.2. The molecule has 18 heavy (non-hydrogen) atoms. The standard InChI is InChI=1S/C14H29N3O/c1-10-8-16(12(18)14(6,7)15)9-11(2)17(10)13(3,4)5/h10-11H,8-9,15H2,1-7H3/t10-,11+. The van der Waals surface area contributed by atoms with Gasteiger partial charge in [0.1, 0.15) is 0 Å². The summed E-state index contributed by atoms with van der Waals surface area (Å²) in [4.78, 5) is 16.7. The van der Waals surface area contributed by atoms with Crippen LogP contribution in [-0.2, 0) is 4.79 Å². The zero-order valence-corrected chi connectivity index (χ0v) is 12.9. The van der Waals surface area contributed by atoms with E-state index in [1.165, 1.54) is 0 Å². The quantitative estimate of drug-likeness (QED) is 0.771. The Morgan fingerprint density at radius 3 is 1.72 bits per heavy atom. The summed E-state index contributed by atoms with van der Waals surface area (Å²) < 4.78 is 0. The highest BCUT2D eigenvalue weighted by Gasteiger charge is 2.39. The van der Waals surface area contributed by atoms with Gasteiger partial charge in [0.25, 0.3) is 0 Å². The molecule has 1 aliphatic heterocycles. The number of piperazine rings is 1. The minimum absolute atomic E-state index is 0.0507. The van der Waals surface area contributed by atoms with Crippen molar-refractivity contribution in [1.82, 2.24) is 9.80 Å². The van der Waals surface area contributed by atoms with E-state index in [1.807, 2.05) is 4.90 Å². The highest BCUT2D eigenvalue weighted by molar-refractivity contribution is 5.85. The summed E-state index contributed by atoms with van der Waals surface area (Å²) in [6.45, 7) is 16.1. The van der Waals surface area contributed by atoms with E-state index >= 15 is 0 Å². The van der Waals surface area contributed by atoms with Crippen LogP contribution in [0, 0.1) is 0 Å². The van der Waals surface area contributed by atoms with Gasteiger partial charge in [-0.1, -0.05) is 0 Å². The Bertz CT molecular complexity index is 302. The predicted octanol–water partition coefficient (Wildman–Crippen LogP) is 1.44. The molecule has 1 rings (SSSR count). The van der Waals surface area contributed by atoms with Crippen LogP contribution in [0.15, 0.2) is 0 Å². The molecule has 0 spiro atoms. The molecule has 2 atom stereocenters. The van der Waals surface area contributed by atoms with Crippen molar-refractivity contribution < 1.29 is 4.79 Å². The predicted molar refractivity (Wildman–Crippen MR) is 75.4 cm³/mol. The molecule has 106 valence electrons. The number of hydrogen-bond donors (Lipinski definition) is 1. The van der Waals surface area contributed by atoms with Gasteiger partial charge < -0.3 is 10.6 Å². The van der Waals surface area contributed by atoms with E-state index in [0.29, 0.717) is 12.1 Å². The summed E-state index contributed by atoms with van der Waals surface area (Å²) in [6.07, 6.45) is 0. The maximum atomic E-state index is 12.2. The normalized spacial score (nSPS) is 27.4. The Labute approximate surface area is 111 Å². The smallest absolute Gasteiger partial charge is 0.242 e. The number of carbonyl (C=O) groups excluding carboxylic acids is 1. The third kappa shape index (κ3) is 3.23. The zero-order valence-electron chi connectivity index (χ0n) is 12.9. The van der Waals surface area contributed by atoms with Gasteiger partial charge in [-0.05, 0) is 48.5 Å². The summed E-state index contributed by atoms with van der Waals surface area (Å²) in [5.74, 6) is 0.0507. The van der Waals surface area contributed by atoms with Gasteiger partial charge in [-0.3, -0.25) is 9.69 Å². The van der Waals surface area contributed by atoms with Crippen molar-refractivity contribution in [2.75, 3.05) is 13.1 Å². The highest BCUT2D eigenvalue weighted by Crippen LogP contribution is 2.26. The van der Waals surface area contributed by atoms with Crippen LogP contribution >= 0.6 is 0 Å². The first-order valence-corrected chi connectivity index (χ1v) is 6.81. The van der Waals surface area contributed by atoms with Gasteiger partial charge in [0.2, 0.25) is 5.91 Å². The van der Waals surface area contributed by atoms with Gasteiger partial charge in [0.05, 0.1) is 5.54 Å². The summed E-state index contributed by atoms with van der Waals surface area (Å²) in [6, 6.07) is 0.722. The largest absolute Gasteiger partial charge is 0.338 e. The summed E-state index contributed by atoms with van der Waals surface area (Å²) in [5, 5.41) is 0. The van der Waals surface area contributed by atoms with E-state index in [2.05, 4.69) is 39.5 Å². The molecule has 0 saturated carbocycles. The fourth-order valence-electron chi connectivity index (χ4n) is 3.22. The summed E-state index contributed by atoms with van der Waals surface area (Å²) >= 11 is 0. The fourth-order valence-corrected chi connectivity index (χ4v) is 3.22. The first-order valence-electron chi connectivity index (χ1n) is 6.81. The van der Waals surface area contributed by atoms with Crippen LogP contribution in [0.5, 0.6) is 0 Å². The Balaban J connectivity index is 2.83. The van der Waals surface area contributed by atoms with E-state index in [9.17, 15) is 4.79 Å². The Kier molecular flexibility index (Phi) is 4.13. The van der Waals surface area contributed by atoms with Gasteiger partial charge in [-0.15, -0.1) is 0 Å². The summed E-state index contributed by atoms with van der Waals surface area (Å²) in [5.41, 5.74) is 5.27. The van der Waals surface area contributed by atoms with Crippen LogP contribution in [0.3, 0.4) is 0 Å². The third-order valence-corrected chi connectivity index (χ3v) is 3.53. The Hall–Kier alpha value is -0.610. The second-order valence-electron chi connectivity index (χ2n) is 7.21. The molecule has 1 heterocycles. The van der Waals surface area contributed by atoms with Gasteiger partial charge >= 0.3 is 0 Å². The highest BCUT2D eigenvalue weighted by atomic mass is 16.2. The van der Waals surface area contributed by atoms with Crippen molar-refractivity contribution >= 4 is 5.91 Å². The third-order valence-electron chi connectivity index (χ3n) is 3.53. The van der Waals surface area contributed by atoms with Crippen LogP contribution in [0.1, 0.15) is 48.5 Å². The first-order chi connectivity index (χ1) is 7.94. The molecule has 0 aromatic heterocycles. The van der Waals surface area contributed by atoms with E-state index in [-0.39, 0.29) is 11.4 Å². The van der Waals surface area contributed by atoms with E-state index in [0.717, 1.165) is 13.1 Å². The van der Waals surface area contributed by atoms with Gasteiger partial charge in [0.15, 0.2) is 0 Å². The molecule has 1 aliphatic rings. The van der Waals surface area contributed by atoms with E-state index in [1.54, 1.807) is 13.8 Å². The Morgan fingerprint density at radius 1 is 1.06 bits per heavy atom. The topological polar surface area (TPSA) is 49.6 Å². The van der Waals surface area contributed by atoms with Crippen LogP contribution < -0.4 is 5.73 Å². The minimum atomic E-state index is -0.774. The fraction of sp³-hybridized carbons (Fsp3) is 0.929. The monoisotopic (exact) mass is 255 g/mol. The lowest BCUT2D eigenvalue weighted by Gasteiger charge is -2.51. The Morgan fingerprint density at radius 2 is 1.44 bits per heavy atom. The molecule has 0 unspecified atom stereocenters. The SMILES string of the molecule is C[C@@H]1CN(C(=O)C(C)(C)N)C[C@H](C)N1C(C)(C)C. The molecular formula is C14H29N3O. The zero-order chi connectivity index (χ0) is 14.3. The molecule has 4 nitrogen and oxygen atoms in total. The van der Waals surface area contributed by atoms with E-state index in [4.69, 9.17) is 5.73 Å². The molecule has 1 fully saturated rings. The second-order valence-corrected chi connectivity index (χ2v) is 7.21. The van der Waals surface area contributed by atoms with Crippen molar-refractivity contribution in [3.8, 4) is 0 Å². The second kappa shape index (κ2) is 4.82. The number of nitrogens with two attached hydrogens (primary N) is 1. The van der Waals surface area contributed by atoms with Crippen molar-refractivity contribution in [3.05, 3.63) is 0 Å². The number of amides is 1. The maximum Gasteiger partial charge on any atom is 0.242 e. The van der Waals surface area contributed by atoms with Crippen molar-refractivity contribution in [2.45, 2.75) is 71.6 Å². The van der Waals surface area contributed by atoms with Crippen molar-refractivity contribution in [1.29, 1.82) is 0 Å². The average Bonchev–Trinajstić information content (AvgIpc) is 2.11. The molecule has 0 aromatic carbocycles. The average molecular weight is 255 g/mol. The van der Waals surface area contributed by atoms with Crippen LogP contribution in [-0.4, -0.2) is 52.0 Å². The van der Waals surface area contributed by atoms with Gasteiger partial charge in [0, 0.05) is 30.7 Å². The molecule has 0 aliphatic carbocycles. The number of hydrogen-bond acceptors (Lipinski definition) is 3. The molecule has 0 aromatic rings. The van der Waals surface area contributed by atoms with Crippen molar-refractivity contribution in [2.24, 2.45) is 5.73 Å². The van der Waals surface area contributed by atoms with Crippen molar-refractivity contribution in [3.63, 3.8) is 0 Å². The van der Waals surface area contributed by atoms with Gasteiger partial charge in [-0.25, -0.2) is 0 Å². The lowest BCUT2D eigenvalue weighted by Crippen LogP contribution is -2.65. The lowest BCUT2D eigenvalue weighted by molar-refractivity contribution is -0.142. The van der Waals surface area contributed by atoms with Gasteiger partial charge in [-0.2, -0.15) is 0 Å².